The Kier molecular flexibility index (Phi) is 6.17. The number of aryl methyl sites for hydroxylation is 1. The van der Waals surface area contributed by atoms with Crippen LogP contribution in [0.4, 0.5) is 4.79 Å². The van der Waals surface area contributed by atoms with Gasteiger partial charge < -0.3 is 15.4 Å². The lowest BCUT2D eigenvalue weighted by molar-refractivity contribution is 0.0517. The van der Waals surface area contributed by atoms with Gasteiger partial charge in [-0.3, -0.25) is 0 Å². The second kappa shape index (κ2) is 8.33. The summed E-state index contributed by atoms with van der Waals surface area (Å²) >= 11 is 1.35. The van der Waals surface area contributed by atoms with E-state index in [4.69, 9.17) is 4.74 Å². The summed E-state index contributed by atoms with van der Waals surface area (Å²) in [5.41, 5.74) is 3.03. The normalized spacial score (nSPS) is 10.2. The van der Waals surface area contributed by atoms with E-state index in [-0.39, 0.29) is 25.2 Å². The average molecular weight is 332 g/mol. The van der Waals surface area contributed by atoms with Gasteiger partial charge >= 0.3 is 12.0 Å². The predicted octanol–water partition coefficient (Wildman–Crippen LogP) is 3.20. The molecule has 0 saturated heterocycles. The lowest BCUT2D eigenvalue weighted by Crippen LogP contribution is -2.37. The highest BCUT2D eigenvalue weighted by molar-refractivity contribution is 7.12. The van der Waals surface area contributed by atoms with Crippen molar-refractivity contribution in [3.05, 3.63) is 46.2 Å². The number of hydrogen-bond donors (Lipinski definition) is 2. The molecule has 2 N–H and O–H groups in total. The molecule has 122 valence electrons. The van der Waals surface area contributed by atoms with E-state index >= 15 is 0 Å². The van der Waals surface area contributed by atoms with Crippen LogP contribution in [-0.2, 0) is 4.74 Å². The summed E-state index contributed by atoms with van der Waals surface area (Å²) in [5, 5.41) is 7.09. The summed E-state index contributed by atoms with van der Waals surface area (Å²) < 4.78 is 5.23. The standard InChI is InChI=1S/C17H20N2O3S/c1-3-18-17(21)19-9-10-22-16(20)15-14(8-11-23-15)13-6-4-12(2)5-7-13/h4-8,11H,3,9-10H2,1-2H3,(H2,18,19,21). The van der Waals surface area contributed by atoms with Crippen molar-refractivity contribution in [2.45, 2.75) is 13.8 Å². The fourth-order valence-corrected chi connectivity index (χ4v) is 2.83. The maximum atomic E-state index is 12.2. The number of carbonyl (C=O) groups excluding carboxylic acids is 2. The topological polar surface area (TPSA) is 67.4 Å². The fourth-order valence-electron chi connectivity index (χ4n) is 2.02. The zero-order valence-corrected chi connectivity index (χ0v) is 14.0. The van der Waals surface area contributed by atoms with Gasteiger partial charge in [-0.05, 0) is 30.9 Å². The van der Waals surface area contributed by atoms with Crippen LogP contribution in [0, 0.1) is 6.92 Å². The van der Waals surface area contributed by atoms with E-state index < -0.39 is 0 Å². The zero-order valence-electron chi connectivity index (χ0n) is 13.2. The smallest absolute Gasteiger partial charge is 0.349 e. The minimum absolute atomic E-state index is 0.140. The Balaban J connectivity index is 1.92. The van der Waals surface area contributed by atoms with Crippen LogP contribution >= 0.6 is 11.3 Å². The molecule has 1 aromatic heterocycles. The first kappa shape index (κ1) is 17.0. The maximum Gasteiger partial charge on any atom is 0.349 e. The van der Waals surface area contributed by atoms with Gasteiger partial charge in [-0.1, -0.05) is 29.8 Å². The minimum atomic E-state index is -0.367. The molecule has 2 rings (SSSR count). The Labute approximate surface area is 139 Å². The van der Waals surface area contributed by atoms with Crippen LogP contribution in [0.1, 0.15) is 22.2 Å². The number of thiophene rings is 1. The summed E-state index contributed by atoms with van der Waals surface area (Å²) in [6.07, 6.45) is 0. The number of ether oxygens (including phenoxy) is 1. The van der Waals surface area contributed by atoms with E-state index in [2.05, 4.69) is 10.6 Å². The summed E-state index contributed by atoms with van der Waals surface area (Å²) in [6, 6.07) is 9.66. The van der Waals surface area contributed by atoms with Crippen LogP contribution in [0.5, 0.6) is 0 Å². The van der Waals surface area contributed by atoms with E-state index in [1.165, 1.54) is 16.9 Å². The molecule has 2 amide bonds. The largest absolute Gasteiger partial charge is 0.460 e. The number of hydrogen-bond acceptors (Lipinski definition) is 4. The minimum Gasteiger partial charge on any atom is -0.460 e. The lowest BCUT2D eigenvalue weighted by atomic mass is 10.1. The Morgan fingerprint density at radius 2 is 1.87 bits per heavy atom. The van der Waals surface area contributed by atoms with Gasteiger partial charge in [0.15, 0.2) is 0 Å². The van der Waals surface area contributed by atoms with Gasteiger partial charge in [0.1, 0.15) is 11.5 Å². The monoisotopic (exact) mass is 332 g/mol. The molecular weight excluding hydrogens is 312 g/mol. The van der Waals surface area contributed by atoms with Crippen LogP contribution in [0.25, 0.3) is 11.1 Å². The first-order chi connectivity index (χ1) is 11.1. The van der Waals surface area contributed by atoms with Gasteiger partial charge in [-0.15, -0.1) is 11.3 Å². The molecule has 0 radical (unpaired) electrons. The van der Waals surface area contributed by atoms with Gasteiger partial charge in [0.2, 0.25) is 0 Å². The van der Waals surface area contributed by atoms with E-state index in [1.54, 1.807) is 0 Å². The number of urea groups is 1. The van der Waals surface area contributed by atoms with Crippen molar-refractivity contribution in [1.82, 2.24) is 10.6 Å². The van der Waals surface area contributed by atoms with E-state index in [0.29, 0.717) is 11.4 Å². The fraction of sp³-hybridized carbons (Fsp3) is 0.294. The molecule has 6 heteroatoms. The third kappa shape index (κ3) is 4.82. The maximum absolute atomic E-state index is 12.2. The van der Waals surface area contributed by atoms with Gasteiger partial charge in [0, 0.05) is 12.1 Å². The molecule has 0 aliphatic carbocycles. The van der Waals surface area contributed by atoms with Crippen LogP contribution in [0.15, 0.2) is 35.7 Å². The van der Waals surface area contributed by atoms with Crippen LogP contribution < -0.4 is 10.6 Å². The van der Waals surface area contributed by atoms with Crippen molar-refractivity contribution in [2.75, 3.05) is 19.7 Å². The Morgan fingerprint density at radius 3 is 2.57 bits per heavy atom. The van der Waals surface area contributed by atoms with Crippen molar-refractivity contribution >= 4 is 23.3 Å². The Morgan fingerprint density at radius 1 is 1.13 bits per heavy atom. The summed E-state index contributed by atoms with van der Waals surface area (Å²) in [7, 11) is 0. The second-order valence-electron chi connectivity index (χ2n) is 4.95. The molecular formula is C17H20N2O3S. The number of amides is 2. The highest BCUT2D eigenvalue weighted by Crippen LogP contribution is 2.29. The number of nitrogens with one attached hydrogen (secondary N) is 2. The first-order valence-electron chi connectivity index (χ1n) is 7.45. The van der Waals surface area contributed by atoms with Gasteiger partial charge in [0.05, 0.1) is 6.54 Å². The van der Waals surface area contributed by atoms with Crippen molar-refractivity contribution in [3.8, 4) is 11.1 Å². The Hall–Kier alpha value is -2.34. The molecule has 0 aliphatic heterocycles. The number of benzene rings is 1. The van der Waals surface area contributed by atoms with Crippen molar-refractivity contribution < 1.29 is 14.3 Å². The lowest BCUT2D eigenvalue weighted by Gasteiger charge is -2.08. The SMILES string of the molecule is CCNC(=O)NCCOC(=O)c1sccc1-c1ccc(C)cc1. The molecule has 0 saturated carbocycles. The summed E-state index contributed by atoms with van der Waals surface area (Å²) in [6.45, 7) is 4.84. The van der Waals surface area contributed by atoms with Crippen LogP contribution in [-0.4, -0.2) is 31.7 Å². The molecule has 2 aromatic rings. The molecule has 0 atom stereocenters. The number of rotatable bonds is 6. The van der Waals surface area contributed by atoms with Crippen LogP contribution in [0.3, 0.4) is 0 Å². The average Bonchev–Trinajstić information content (AvgIpc) is 3.02. The predicted molar refractivity (Wildman–Crippen MR) is 91.8 cm³/mol. The molecule has 0 bridgehead atoms. The van der Waals surface area contributed by atoms with Gasteiger partial charge in [-0.2, -0.15) is 0 Å². The molecule has 0 aliphatic rings. The van der Waals surface area contributed by atoms with Crippen molar-refractivity contribution in [2.24, 2.45) is 0 Å². The second-order valence-corrected chi connectivity index (χ2v) is 5.87. The van der Waals surface area contributed by atoms with Crippen LogP contribution in [0.2, 0.25) is 0 Å². The number of esters is 1. The molecule has 0 fully saturated rings. The van der Waals surface area contributed by atoms with Crippen molar-refractivity contribution in [3.63, 3.8) is 0 Å². The first-order valence-corrected chi connectivity index (χ1v) is 8.33. The van der Waals surface area contributed by atoms with E-state index in [9.17, 15) is 9.59 Å². The van der Waals surface area contributed by atoms with E-state index in [1.807, 2.05) is 49.6 Å². The third-order valence-corrected chi connectivity index (χ3v) is 4.07. The number of carbonyl (C=O) groups is 2. The highest BCUT2D eigenvalue weighted by Gasteiger charge is 2.15. The molecule has 1 heterocycles. The molecule has 23 heavy (non-hydrogen) atoms. The quantitative estimate of drug-likeness (QED) is 0.630. The summed E-state index contributed by atoms with van der Waals surface area (Å²) in [5.74, 6) is -0.367. The van der Waals surface area contributed by atoms with Gasteiger partial charge in [-0.25, -0.2) is 9.59 Å². The molecule has 5 nitrogen and oxygen atoms in total. The summed E-state index contributed by atoms with van der Waals surface area (Å²) in [4.78, 5) is 24.0. The molecule has 0 unspecified atom stereocenters. The highest BCUT2D eigenvalue weighted by atomic mass is 32.1. The van der Waals surface area contributed by atoms with Crippen molar-refractivity contribution in [1.29, 1.82) is 0 Å². The zero-order chi connectivity index (χ0) is 16.7. The molecule has 1 aromatic carbocycles. The van der Waals surface area contributed by atoms with E-state index in [0.717, 1.165) is 11.1 Å². The Bertz CT molecular complexity index is 665. The van der Waals surface area contributed by atoms with Gasteiger partial charge in [0.25, 0.3) is 0 Å². The molecule has 0 spiro atoms. The third-order valence-electron chi connectivity index (χ3n) is 3.17.